The lowest BCUT2D eigenvalue weighted by atomic mass is 10.3. The smallest absolute Gasteiger partial charge is 0.266 e. The molecule has 0 saturated carbocycles. The minimum Gasteiger partial charge on any atom is -0.274 e. The largest absolute Gasteiger partial charge is 0.274 e. The fourth-order valence-corrected chi connectivity index (χ4v) is 2.68. The maximum Gasteiger partial charge on any atom is 0.266 e. The first kappa shape index (κ1) is 12.8. The van der Waals surface area contributed by atoms with Gasteiger partial charge in [0.15, 0.2) is 11.6 Å². The first-order valence-corrected chi connectivity index (χ1v) is 6.73. The average molecular weight is 290 g/mol. The Morgan fingerprint density at radius 1 is 1.39 bits per heavy atom. The molecule has 18 heavy (non-hydrogen) atoms. The van der Waals surface area contributed by atoms with Gasteiger partial charge >= 0.3 is 0 Å². The number of rotatable bonds is 3. The number of hydrogen-bond donors (Lipinski definition) is 1. The van der Waals surface area contributed by atoms with Gasteiger partial charge in [0.25, 0.3) is 10.0 Å². The number of aromatic nitrogens is 2. The van der Waals surface area contributed by atoms with Crippen LogP contribution < -0.4 is 4.72 Å². The van der Waals surface area contributed by atoms with Gasteiger partial charge in [0.2, 0.25) is 0 Å². The summed E-state index contributed by atoms with van der Waals surface area (Å²) in [5.74, 6) is -0.875. The van der Waals surface area contributed by atoms with E-state index in [0.29, 0.717) is 0 Å². The molecule has 96 valence electrons. The van der Waals surface area contributed by atoms with Crippen molar-refractivity contribution in [3.8, 4) is 0 Å². The highest BCUT2D eigenvalue weighted by Crippen LogP contribution is 2.23. The fourth-order valence-electron chi connectivity index (χ4n) is 1.35. The van der Waals surface area contributed by atoms with Gasteiger partial charge in [-0.3, -0.25) is 9.40 Å². The summed E-state index contributed by atoms with van der Waals surface area (Å²) in [5, 5.41) is 3.59. The summed E-state index contributed by atoms with van der Waals surface area (Å²) < 4.78 is 41.1. The second-order valence-corrected chi connectivity index (χ2v) is 5.59. The molecule has 0 spiro atoms. The predicted octanol–water partition coefficient (Wildman–Crippen LogP) is 2.01. The molecule has 1 aromatic carbocycles. The third-order valence-corrected chi connectivity index (χ3v) is 3.82. The summed E-state index contributed by atoms with van der Waals surface area (Å²) in [5.41, 5.74) is 0. The Bertz CT molecular complexity index is 684. The van der Waals surface area contributed by atoms with E-state index in [2.05, 4.69) is 9.82 Å². The molecule has 0 radical (unpaired) electrons. The lowest BCUT2D eigenvalue weighted by molar-refractivity contribution is 0.570. The normalized spacial score (nSPS) is 11.5. The average Bonchev–Trinajstić information content (AvgIpc) is 2.67. The van der Waals surface area contributed by atoms with Crippen LogP contribution in [0.15, 0.2) is 35.4 Å². The van der Waals surface area contributed by atoms with E-state index >= 15 is 0 Å². The number of halogens is 2. The van der Waals surface area contributed by atoms with Crippen molar-refractivity contribution < 1.29 is 12.8 Å². The summed E-state index contributed by atoms with van der Waals surface area (Å²) in [6, 6.07) is 5.22. The molecule has 0 aliphatic carbocycles. The molecule has 0 saturated heterocycles. The second kappa shape index (κ2) is 4.58. The first-order valence-electron chi connectivity index (χ1n) is 4.86. The van der Waals surface area contributed by atoms with Gasteiger partial charge in [-0.2, -0.15) is 5.10 Å². The Balaban J connectivity index is 2.40. The van der Waals surface area contributed by atoms with Crippen LogP contribution in [0.2, 0.25) is 5.02 Å². The van der Waals surface area contributed by atoms with E-state index in [1.165, 1.54) is 22.9 Å². The molecule has 1 aromatic heterocycles. The van der Waals surface area contributed by atoms with E-state index in [1.807, 2.05) is 0 Å². The van der Waals surface area contributed by atoms with Gasteiger partial charge in [0.1, 0.15) is 4.90 Å². The standard InChI is InChI=1S/C10H9ClFN3O2S/c1-15-6-5-9(13-15)14-18(16,17)8-4-2-3-7(11)10(8)12/h2-6H,1H3,(H,13,14). The van der Waals surface area contributed by atoms with Crippen molar-refractivity contribution in [2.75, 3.05) is 4.72 Å². The van der Waals surface area contributed by atoms with Crippen molar-refractivity contribution >= 4 is 27.4 Å². The highest BCUT2D eigenvalue weighted by Gasteiger charge is 2.21. The number of nitrogens with zero attached hydrogens (tertiary/aromatic N) is 2. The number of hydrogen-bond acceptors (Lipinski definition) is 3. The van der Waals surface area contributed by atoms with Crippen molar-refractivity contribution in [1.29, 1.82) is 0 Å². The van der Waals surface area contributed by atoms with Crippen LogP contribution in [0, 0.1) is 5.82 Å². The highest BCUT2D eigenvalue weighted by atomic mass is 35.5. The Morgan fingerprint density at radius 2 is 2.11 bits per heavy atom. The van der Waals surface area contributed by atoms with Crippen LogP contribution in [-0.4, -0.2) is 18.2 Å². The molecule has 0 atom stereocenters. The maximum atomic E-state index is 13.6. The Morgan fingerprint density at radius 3 is 2.72 bits per heavy atom. The molecule has 2 rings (SSSR count). The molecule has 0 bridgehead atoms. The zero-order chi connectivity index (χ0) is 13.3. The topological polar surface area (TPSA) is 64.0 Å². The van der Waals surface area contributed by atoms with Crippen molar-refractivity contribution in [3.63, 3.8) is 0 Å². The monoisotopic (exact) mass is 289 g/mol. The molecule has 0 aliphatic rings. The molecule has 0 amide bonds. The van der Waals surface area contributed by atoms with E-state index in [-0.39, 0.29) is 10.8 Å². The predicted molar refractivity (Wildman–Crippen MR) is 65.4 cm³/mol. The SMILES string of the molecule is Cn1ccc(NS(=O)(=O)c2cccc(Cl)c2F)n1. The van der Waals surface area contributed by atoms with E-state index in [4.69, 9.17) is 11.6 Å². The minimum absolute atomic E-state index is 0.108. The molecule has 5 nitrogen and oxygen atoms in total. The van der Waals surface area contributed by atoms with Gasteiger partial charge in [-0.15, -0.1) is 0 Å². The summed E-state index contributed by atoms with van der Waals surface area (Å²) in [7, 11) is -2.40. The molecule has 1 heterocycles. The third kappa shape index (κ3) is 2.46. The maximum absolute atomic E-state index is 13.6. The number of anilines is 1. The molecule has 0 fully saturated rings. The van der Waals surface area contributed by atoms with Crippen LogP contribution in [0.3, 0.4) is 0 Å². The molecule has 0 aliphatic heterocycles. The minimum atomic E-state index is -4.04. The Labute approximate surface area is 108 Å². The van der Waals surface area contributed by atoms with Gasteiger partial charge in [0.05, 0.1) is 5.02 Å². The zero-order valence-corrected chi connectivity index (χ0v) is 10.8. The summed E-state index contributed by atoms with van der Waals surface area (Å²) in [4.78, 5) is -0.513. The lowest BCUT2D eigenvalue weighted by Crippen LogP contribution is -2.15. The quantitative estimate of drug-likeness (QED) is 0.940. The van der Waals surface area contributed by atoms with E-state index in [1.54, 1.807) is 13.2 Å². The summed E-state index contributed by atoms with van der Waals surface area (Å²) >= 11 is 5.54. The molecule has 0 unspecified atom stereocenters. The van der Waals surface area contributed by atoms with Gasteiger partial charge in [-0.1, -0.05) is 17.7 Å². The molecule has 8 heteroatoms. The van der Waals surface area contributed by atoms with Crippen LogP contribution >= 0.6 is 11.6 Å². The van der Waals surface area contributed by atoms with Crippen LogP contribution in [0.25, 0.3) is 0 Å². The van der Waals surface area contributed by atoms with Crippen LogP contribution in [0.4, 0.5) is 10.2 Å². The number of nitrogens with one attached hydrogen (secondary N) is 1. The molecule has 1 N–H and O–H groups in total. The van der Waals surface area contributed by atoms with Crippen molar-refractivity contribution in [1.82, 2.24) is 9.78 Å². The van der Waals surface area contributed by atoms with Crippen molar-refractivity contribution in [2.45, 2.75) is 4.90 Å². The van der Waals surface area contributed by atoms with Crippen LogP contribution in [0.1, 0.15) is 0 Å². The number of aryl methyl sites for hydroxylation is 1. The second-order valence-electron chi connectivity index (χ2n) is 3.53. The van der Waals surface area contributed by atoms with Crippen LogP contribution in [0.5, 0.6) is 0 Å². The van der Waals surface area contributed by atoms with E-state index in [9.17, 15) is 12.8 Å². The summed E-state index contributed by atoms with van der Waals surface area (Å²) in [6.07, 6.45) is 1.56. The van der Waals surface area contributed by atoms with Crippen LogP contribution in [-0.2, 0) is 17.1 Å². The van der Waals surface area contributed by atoms with Crippen molar-refractivity contribution in [2.24, 2.45) is 7.05 Å². The Hall–Kier alpha value is -1.60. The van der Waals surface area contributed by atoms with E-state index < -0.39 is 20.7 Å². The fraction of sp³-hybridized carbons (Fsp3) is 0.100. The van der Waals surface area contributed by atoms with Gasteiger partial charge in [0, 0.05) is 19.3 Å². The third-order valence-electron chi connectivity index (χ3n) is 2.16. The summed E-state index contributed by atoms with van der Waals surface area (Å²) in [6.45, 7) is 0. The highest BCUT2D eigenvalue weighted by molar-refractivity contribution is 7.92. The van der Waals surface area contributed by atoms with Gasteiger partial charge in [-0.05, 0) is 12.1 Å². The Kier molecular flexibility index (Phi) is 3.27. The number of sulfonamides is 1. The number of benzene rings is 1. The first-order chi connectivity index (χ1) is 8.40. The van der Waals surface area contributed by atoms with Crippen molar-refractivity contribution in [3.05, 3.63) is 41.3 Å². The van der Waals surface area contributed by atoms with Gasteiger partial charge in [-0.25, -0.2) is 12.8 Å². The lowest BCUT2D eigenvalue weighted by Gasteiger charge is -2.07. The molecular formula is C10H9ClFN3O2S. The molecule has 2 aromatic rings. The zero-order valence-electron chi connectivity index (χ0n) is 9.26. The van der Waals surface area contributed by atoms with E-state index in [0.717, 1.165) is 6.07 Å². The van der Waals surface area contributed by atoms with Gasteiger partial charge < -0.3 is 0 Å². The molecular weight excluding hydrogens is 281 g/mol.